The molecule has 0 atom stereocenters. The van der Waals surface area contributed by atoms with E-state index in [1.807, 2.05) is 31.3 Å². The zero-order valence-corrected chi connectivity index (χ0v) is 15.9. The van der Waals surface area contributed by atoms with Crippen LogP contribution in [0.5, 0.6) is 0 Å². The van der Waals surface area contributed by atoms with Crippen molar-refractivity contribution in [2.45, 2.75) is 39.3 Å². The van der Waals surface area contributed by atoms with Gasteiger partial charge in [0.25, 0.3) is 5.91 Å². The lowest BCUT2D eigenvalue weighted by Gasteiger charge is -2.61. The van der Waals surface area contributed by atoms with E-state index in [0.717, 1.165) is 51.7 Å². The summed E-state index contributed by atoms with van der Waals surface area (Å²) in [5.74, 6) is 0.984. The Labute approximate surface area is 163 Å². The highest BCUT2D eigenvalue weighted by Gasteiger charge is 2.56. The van der Waals surface area contributed by atoms with Crippen LogP contribution in [0.4, 0.5) is 0 Å². The van der Waals surface area contributed by atoms with Crippen molar-refractivity contribution in [2.75, 3.05) is 0 Å². The van der Waals surface area contributed by atoms with E-state index in [1.54, 1.807) is 0 Å². The Bertz CT molecular complexity index is 1110. The van der Waals surface area contributed by atoms with Crippen molar-refractivity contribution in [1.82, 2.24) is 20.1 Å². The first kappa shape index (κ1) is 16.0. The number of carbonyl (C=O) groups excluding carboxylic acids is 1. The fraction of sp³-hybridized carbons (Fsp3) is 0.348. The van der Waals surface area contributed by atoms with Crippen molar-refractivity contribution in [3.8, 4) is 22.4 Å². The van der Waals surface area contributed by atoms with Crippen molar-refractivity contribution >= 4 is 5.91 Å². The van der Waals surface area contributed by atoms with Crippen molar-refractivity contribution < 1.29 is 4.79 Å². The average Bonchev–Trinajstić information content (AvgIpc) is 3.24. The summed E-state index contributed by atoms with van der Waals surface area (Å²) < 4.78 is 2.10. The Balaban J connectivity index is 1.39. The smallest absolute Gasteiger partial charge is 0.251 e. The predicted molar refractivity (Wildman–Crippen MR) is 107 cm³/mol. The van der Waals surface area contributed by atoms with Gasteiger partial charge in [-0.05, 0) is 55.2 Å². The lowest BCUT2D eigenvalue weighted by Crippen LogP contribution is -2.54. The number of hydrogen-bond donors (Lipinski definition) is 1. The second kappa shape index (κ2) is 5.53. The summed E-state index contributed by atoms with van der Waals surface area (Å²) in [6, 6.07) is 10.2. The van der Waals surface area contributed by atoms with Crippen LogP contribution in [0.2, 0.25) is 0 Å². The van der Waals surface area contributed by atoms with Gasteiger partial charge in [0, 0.05) is 47.2 Å². The maximum atomic E-state index is 12.1. The first-order chi connectivity index (χ1) is 13.6. The summed E-state index contributed by atoms with van der Waals surface area (Å²) in [4.78, 5) is 16.9. The van der Waals surface area contributed by atoms with E-state index in [4.69, 9.17) is 4.98 Å². The summed E-state index contributed by atoms with van der Waals surface area (Å²) in [7, 11) is 0. The molecule has 3 aromatic rings. The Morgan fingerprint density at radius 1 is 1.14 bits per heavy atom. The summed E-state index contributed by atoms with van der Waals surface area (Å²) in [6.45, 7) is 3.63. The van der Waals surface area contributed by atoms with Gasteiger partial charge in [0.05, 0.1) is 11.9 Å². The summed E-state index contributed by atoms with van der Waals surface area (Å²) >= 11 is 0. The van der Waals surface area contributed by atoms with Gasteiger partial charge in [-0.3, -0.25) is 14.5 Å². The van der Waals surface area contributed by atoms with E-state index in [0.29, 0.717) is 12.0 Å². The molecule has 1 aromatic carbocycles. The Hall–Kier alpha value is -2.95. The molecule has 28 heavy (non-hydrogen) atoms. The zero-order valence-electron chi connectivity index (χ0n) is 15.9. The number of nitrogens with one attached hydrogen (secondary N) is 1. The number of aromatic nitrogens is 3. The summed E-state index contributed by atoms with van der Waals surface area (Å²) in [5, 5.41) is 7.52. The number of amides is 1. The van der Waals surface area contributed by atoms with Crippen LogP contribution in [0, 0.1) is 18.3 Å². The molecule has 3 fully saturated rings. The number of rotatable bonds is 4. The van der Waals surface area contributed by atoms with E-state index in [9.17, 15) is 4.79 Å². The summed E-state index contributed by atoms with van der Waals surface area (Å²) in [6.07, 6.45) is 8.21. The number of pyridine rings is 1. The van der Waals surface area contributed by atoms with Crippen LogP contribution in [0.1, 0.15) is 40.9 Å². The highest BCUT2D eigenvalue weighted by Crippen LogP contribution is 2.65. The first-order valence-electron chi connectivity index (χ1n) is 10.0. The second-order valence-corrected chi connectivity index (χ2v) is 8.81. The molecular weight excluding hydrogens is 348 g/mol. The minimum atomic E-state index is -0.00238. The molecule has 7 rings (SSSR count). The minimum absolute atomic E-state index is 0.00238. The fourth-order valence-corrected chi connectivity index (χ4v) is 5.15. The van der Waals surface area contributed by atoms with Crippen molar-refractivity contribution in [2.24, 2.45) is 11.3 Å². The molecule has 4 aliphatic rings. The molecule has 3 saturated carbocycles. The van der Waals surface area contributed by atoms with Crippen LogP contribution in [0.25, 0.3) is 22.4 Å². The lowest BCUT2D eigenvalue weighted by atomic mass is 9.44. The minimum Gasteiger partial charge on any atom is -0.348 e. The molecular formula is C23H22N4O. The standard InChI is InChI=1S/C23H22N4O/c1-14-2-5-19(18-11-25-27(12-18)13-23-7-15(8-23)9-23)21(26-14)16-3-4-17-10-24-22(28)20(17)6-16/h2-6,11-12,15H,7-10,13H2,1H3,(H,24,28). The third-order valence-corrected chi connectivity index (χ3v) is 6.71. The van der Waals surface area contributed by atoms with Crippen molar-refractivity contribution in [1.29, 1.82) is 0 Å². The Morgan fingerprint density at radius 2 is 2.00 bits per heavy atom. The molecule has 5 heteroatoms. The van der Waals surface area contributed by atoms with Gasteiger partial charge in [-0.15, -0.1) is 0 Å². The molecule has 0 spiro atoms. The molecule has 0 unspecified atom stereocenters. The van der Waals surface area contributed by atoms with Gasteiger partial charge in [0.2, 0.25) is 0 Å². The van der Waals surface area contributed by atoms with E-state index in [2.05, 4.69) is 33.4 Å². The molecule has 0 saturated heterocycles. The highest BCUT2D eigenvalue weighted by molar-refractivity contribution is 5.99. The molecule has 140 valence electrons. The van der Waals surface area contributed by atoms with E-state index in [-0.39, 0.29) is 5.91 Å². The molecule has 3 aliphatic carbocycles. The molecule has 0 radical (unpaired) electrons. The number of carbonyl (C=O) groups is 1. The van der Waals surface area contributed by atoms with Crippen molar-refractivity contribution in [3.05, 3.63) is 59.5 Å². The zero-order chi connectivity index (χ0) is 18.9. The van der Waals surface area contributed by atoms with Gasteiger partial charge in [-0.2, -0.15) is 5.10 Å². The molecule has 1 aliphatic heterocycles. The number of aryl methyl sites for hydroxylation is 1. The lowest BCUT2D eigenvalue weighted by molar-refractivity contribution is -0.120. The van der Waals surface area contributed by atoms with E-state index >= 15 is 0 Å². The van der Waals surface area contributed by atoms with Crippen LogP contribution < -0.4 is 5.32 Å². The molecule has 2 aromatic heterocycles. The Morgan fingerprint density at radius 3 is 2.79 bits per heavy atom. The predicted octanol–water partition coefficient (Wildman–Crippen LogP) is 3.96. The van der Waals surface area contributed by atoms with Crippen molar-refractivity contribution in [3.63, 3.8) is 0 Å². The third kappa shape index (κ3) is 2.35. The maximum Gasteiger partial charge on any atom is 0.251 e. The van der Waals surface area contributed by atoms with E-state index < -0.39 is 0 Å². The van der Waals surface area contributed by atoms with Crippen LogP contribution in [-0.2, 0) is 13.1 Å². The molecule has 1 amide bonds. The fourth-order valence-electron chi connectivity index (χ4n) is 5.15. The number of benzene rings is 1. The molecule has 3 heterocycles. The Kier molecular flexibility index (Phi) is 3.17. The average molecular weight is 370 g/mol. The van der Waals surface area contributed by atoms with E-state index in [1.165, 1.54) is 19.3 Å². The maximum absolute atomic E-state index is 12.1. The second-order valence-electron chi connectivity index (χ2n) is 8.81. The molecule has 2 bridgehead atoms. The topological polar surface area (TPSA) is 59.8 Å². The van der Waals surface area contributed by atoms with Gasteiger partial charge in [0.15, 0.2) is 0 Å². The van der Waals surface area contributed by atoms with Crippen LogP contribution in [-0.4, -0.2) is 20.7 Å². The molecule has 5 nitrogen and oxygen atoms in total. The largest absolute Gasteiger partial charge is 0.348 e. The number of nitrogens with zero attached hydrogens (tertiary/aromatic N) is 3. The van der Waals surface area contributed by atoms with Crippen LogP contribution >= 0.6 is 0 Å². The van der Waals surface area contributed by atoms with Gasteiger partial charge < -0.3 is 5.32 Å². The third-order valence-electron chi connectivity index (χ3n) is 6.71. The highest BCUT2D eigenvalue weighted by atomic mass is 16.1. The SMILES string of the molecule is Cc1ccc(-c2cnn(CC34CC(C3)C4)c2)c(-c2ccc3c(c2)C(=O)NC3)n1. The normalized spacial score (nSPS) is 24.3. The van der Waals surface area contributed by atoms with Gasteiger partial charge in [0.1, 0.15) is 0 Å². The number of hydrogen-bond acceptors (Lipinski definition) is 3. The van der Waals surface area contributed by atoms with Gasteiger partial charge in [-0.25, -0.2) is 0 Å². The molecule has 1 N–H and O–H groups in total. The monoisotopic (exact) mass is 370 g/mol. The summed E-state index contributed by atoms with van der Waals surface area (Å²) in [5.41, 5.74) is 7.32. The van der Waals surface area contributed by atoms with Crippen LogP contribution in [0.3, 0.4) is 0 Å². The van der Waals surface area contributed by atoms with Gasteiger partial charge in [-0.1, -0.05) is 18.2 Å². The first-order valence-corrected chi connectivity index (χ1v) is 10.0. The van der Waals surface area contributed by atoms with Gasteiger partial charge >= 0.3 is 0 Å². The number of fused-ring (bicyclic) bond motifs is 1. The quantitative estimate of drug-likeness (QED) is 0.756. The van der Waals surface area contributed by atoms with Crippen LogP contribution in [0.15, 0.2) is 42.7 Å².